The number of hydrogen-bond acceptors (Lipinski definition) is 3. The zero-order valence-electron chi connectivity index (χ0n) is 13.6. The lowest BCUT2D eigenvalue weighted by Crippen LogP contribution is -2.28. The molecule has 0 unspecified atom stereocenters. The highest BCUT2D eigenvalue weighted by Crippen LogP contribution is 2.41. The summed E-state index contributed by atoms with van der Waals surface area (Å²) in [4.78, 5) is 4.57. The summed E-state index contributed by atoms with van der Waals surface area (Å²) in [6.45, 7) is 1.56. The number of aliphatic imine (C=N–C) groups is 1. The van der Waals surface area contributed by atoms with Crippen molar-refractivity contribution in [2.75, 3.05) is 32.7 Å². The lowest BCUT2D eigenvalue weighted by Gasteiger charge is -2.26. The van der Waals surface area contributed by atoms with E-state index in [1.54, 1.807) is 14.2 Å². The van der Waals surface area contributed by atoms with E-state index in [0.29, 0.717) is 5.96 Å². The molecule has 122 valence electrons. The van der Waals surface area contributed by atoms with E-state index in [-0.39, 0.29) is 5.41 Å². The molecule has 1 aliphatic rings. The van der Waals surface area contributed by atoms with Gasteiger partial charge in [0, 0.05) is 25.9 Å². The molecule has 1 aromatic rings. The monoisotopic (exact) mass is 305 g/mol. The molecule has 0 bridgehead atoms. The molecule has 0 aliphatic heterocycles. The van der Waals surface area contributed by atoms with Crippen molar-refractivity contribution < 1.29 is 9.47 Å². The lowest BCUT2D eigenvalue weighted by atomic mass is 9.83. The minimum absolute atomic E-state index is 0.266. The summed E-state index contributed by atoms with van der Waals surface area (Å²) >= 11 is 0. The molecule has 0 aromatic heterocycles. The molecular weight excluding hydrogens is 278 g/mol. The van der Waals surface area contributed by atoms with Crippen LogP contribution in [0.3, 0.4) is 0 Å². The van der Waals surface area contributed by atoms with Gasteiger partial charge in [-0.2, -0.15) is 0 Å². The fraction of sp³-hybridized carbons (Fsp3) is 0.588. The predicted octanol–water partition coefficient (Wildman–Crippen LogP) is 3.02. The number of benzene rings is 1. The molecule has 5 nitrogen and oxygen atoms in total. The number of ether oxygens (including phenoxy) is 2. The Bertz CT molecular complexity index is 479. The van der Waals surface area contributed by atoms with Gasteiger partial charge in [0.1, 0.15) is 5.75 Å². The number of rotatable bonds is 7. The molecule has 0 saturated heterocycles. The molecule has 2 rings (SSSR count). The second-order valence-corrected chi connectivity index (χ2v) is 6.00. The van der Waals surface area contributed by atoms with Crippen molar-refractivity contribution in [1.82, 2.24) is 0 Å². The minimum atomic E-state index is 0.266. The van der Waals surface area contributed by atoms with Crippen molar-refractivity contribution in [2.24, 2.45) is 16.1 Å². The van der Waals surface area contributed by atoms with E-state index < -0.39 is 0 Å². The van der Waals surface area contributed by atoms with E-state index >= 15 is 0 Å². The van der Waals surface area contributed by atoms with E-state index in [1.165, 1.54) is 25.7 Å². The van der Waals surface area contributed by atoms with Crippen LogP contribution >= 0.6 is 0 Å². The van der Waals surface area contributed by atoms with E-state index in [9.17, 15) is 0 Å². The third kappa shape index (κ3) is 4.63. The van der Waals surface area contributed by atoms with Gasteiger partial charge in [0.15, 0.2) is 5.96 Å². The maximum atomic E-state index is 6.02. The lowest BCUT2D eigenvalue weighted by molar-refractivity contribution is 0.141. The highest BCUT2D eigenvalue weighted by Gasteiger charge is 2.33. The number of nitrogens with zero attached hydrogens (tertiary/aromatic N) is 1. The van der Waals surface area contributed by atoms with Gasteiger partial charge in [-0.1, -0.05) is 12.8 Å². The molecule has 0 heterocycles. The van der Waals surface area contributed by atoms with Crippen molar-refractivity contribution in [3.8, 4) is 5.75 Å². The van der Waals surface area contributed by atoms with Gasteiger partial charge in [-0.3, -0.25) is 4.99 Å². The van der Waals surface area contributed by atoms with Crippen LogP contribution in [0, 0.1) is 5.41 Å². The summed E-state index contributed by atoms with van der Waals surface area (Å²) in [6.07, 6.45) is 6.06. The Morgan fingerprint density at radius 3 is 2.50 bits per heavy atom. The molecule has 0 atom stereocenters. The Kier molecular flexibility index (Phi) is 6.07. The Morgan fingerprint density at radius 1 is 1.23 bits per heavy atom. The molecule has 1 saturated carbocycles. The van der Waals surface area contributed by atoms with Crippen LogP contribution < -0.4 is 15.8 Å². The molecule has 3 N–H and O–H groups in total. The molecule has 0 radical (unpaired) electrons. The molecule has 0 amide bonds. The first kappa shape index (κ1) is 16.6. The second kappa shape index (κ2) is 8.03. The number of methoxy groups -OCH3 is 2. The zero-order valence-corrected chi connectivity index (χ0v) is 13.6. The van der Waals surface area contributed by atoms with Crippen molar-refractivity contribution in [2.45, 2.75) is 32.1 Å². The Balaban J connectivity index is 1.92. The molecule has 1 aromatic carbocycles. The Labute approximate surface area is 132 Å². The number of guanidine groups is 1. The SMILES string of the molecule is COCCC1(CN=C(N)Nc2ccc(OC)cc2)CCCC1. The third-order valence-corrected chi connectivity index (χ3v) is 4.45. The maximum absolute atomic E-state index is 6.02. The van der Waals surface area contributed by atoms with E-state index in [2.05, 4.69) is 10.3 Å². The number of nitrogens with two attached hydrogens (primary N) is 1. The summed E-state index contributed by atoms with van der Waals surface area (Å²) < 4.78 is 10.4. The van der Waals surface area contributed by atoms with Crippen molar-refractivity contribution in [3.05, 3.63) is 24.3 Å². The second-order valence-electron chi connectivity index (χ2n) is 6.00. The molecular formula is C17H27N3O2. The first-order valence-electron chi connectivity index (χ1n) is 7.87. The highest BCUT2D eigenvalue weighted by atomic mass is 16.5. The first-order chi connectivity index (χ1) is 10.7. The predicted molar refractivity (Wildman–Crippen MR) is 90.5 cm³/mol. The van der Waals surface area contributed by atoms with E-state index in [4.69, 9.17) is 15.2 Å². The average Bonchev–Trinajstić information content (AvgIpc) is 3.01. The maximum Gasteiger partial charge on any atom is 0.193 e. The van der Waals surface area contributed by atoms with Crippen molar-refractivity contribution >= 4 is 11.6 Å². The van der Waals surface area contributed by atoms with Crippen LogP contribution in [0.1, 0.15) is 32.1 Å². The van der Waals surface area contributed by atoms with Crippen LogP contribution in [0.4, 0.5) is 5.69 Å². The largest absolute Gasteiger partial charge is 0.497 e. The zero-order chi connectivity index (χ0) is 15.8. The minimum Gasteiger partial charge on any atom is -0.497 e. The molecule has 1 fully saturated rings. The molecule has 0 spiro atoms. The van der Waals surface area contributed by atoms with Crippen molar-refractivity contribution in [1.29, 1.82) is 0 Å². The van der Waals surface area contributed by atoms with Crippen molar-refractivity contribution in [3.63, 3.8) is 0 Å². The van der Waals surface area contributed by atoms with E-state index in [1.807, 2.05) is 24.3 Å². The first-order valence-corrected chi connectivity index (χ1v) is 7.87. The topological polar surface area (TPSA) is 68.9 Å². The summed E-state index contributed by atoms with van der Waals surface area (Å²) in [7, 11) is 3.41. The fourth-order valence-electron chi connectivity index (χ4n) is 3.05. The van der Waals surface area contributed by atoms with Crippen LogP contribution in [0.5, 0.6) is 5.75 Å². The fourth-order valence-corrected chi connectivity index (χ4v) is 3.05. The summed E-state index contributed by atoms with van der Waals surface area (Å²) in [5.74, 6) is 1.29. The smallest absolute Gasteiger partial charge is 0.193 e. The summed E-state index contributed by atoms with van der Waals surface area (Å²) in [5.41, 5.74) is 7.20. The van der Waals surface area contributed by atoms with Crippen LogP contribution in [-0.2, 0) is 4.74 Å². The van der Waals surface area contributed by atoms with E-state index in [0.717, 1.165) is 31.0 Å². The Morgan fingerprint density at radius 2 is 1.91 bits per heavy atom. The van der Waals surface area contributed by atoms with Crippen LogP contribution in [0.15, 0.2) is 29.3 Å². The van der Waals surface area contributed by atoms with Crippen LogP contribution in [0.25, 0.3) is 0 Å². The van der Waals surface area contributed by atoms with Gasteiger partial charge in [0.25, 0.3) is 0 Å². The van der Waals surface area contributed by atoms with Gasteiger partial charge in [-0.25, -0.2) is 0 Å². The number of anilines is 1. The van der Waals surface area contributed by atoms with Crippen LogP contribution in [0.2, 0.25) is 0 Å². The van der Waals surface area contributed by atoms with Gasteiger partial charge >= 0.3 is 0 Å². The van der Waals surface area contributed by atoms with Gasteiger partial charge in [0.05, 0.1) is 7.11 Å². The number of nitrogens with one attached hydrogen (secondary N) is 1. The van der Waals surface area contributed by atoms with Crippen LogP contribution in [-0.4, -0.2) is 33.3 Å². The third-order valence-electron chi connectivity index (χ3n) is 4.45. The molecule has 1 aliphatic carbocycles. The quantitative estimate of drug-likeness (QED) is 0.600. The van der Waals surface area contributed by atoms with Gasteiger partial charge in [0.2, 0.25) is 0 Å². The van der Waals surface area contributed by atoms with Gasteiger partial charge in [-0.15, -0.1) is 0 Å². The van der Waals surface area contributed by atoms with Gasteiger partial charge in [-0.05, 0) is 48.9 Å². The Hall–Kier alpha value is -1.75. The summed E-state index contributed by atoms with van der Waals surface area (Å²) in [5, 5.41) is 3.13. The highest BCUT2D eigenvalue weighted by molar-refractivity contribution is 5.92. The summed E-state index contributed by atoms with van der Waals surface area (Å²) in [6, 6.07) is 7.65. The number of hydrogen-bond donors (Lipinski definition) is 2. The molecule has 22 heavy (non-hydrogen) atoms. The average molecular weight is 305 g/mol. The molecule has 5 heteroatoms. The van der Waals surface area contributed by atoms with Gasteiger partial charge < -0.3 is 20.5 Å². The standard InChI is InChI=1S/C17H27N3O2/c1-21-12-11-17(9-3-4-10-17)13-19-16(18)20-14-5-7-15(22-2)8-6-14/h5-8H,3-4,9-13H2,1-2H3,(H3,18,19,20). The normalized spacial score (nSPS) is 17.5.